The summed E-state index contributed by atoms with van der Waals surface area (Å²) >= 11 is 0. The van der Waals surface area contributed by atoms with Crippen LogP contribution in [0.5, 0.6) is 0 Å². The van der Waals surface area contributed by atoms with E-state index in [0.29, 0.717) is 11.6 Å². The van der Waals surface area contributed by atoms with Crippen molar-refractivity contribution in [2.24, 2.45) is 0 Å². The molecule has 2 aromatic rings. The molecular formula is C24H25F5N2O6. The number of rotatable bonds is 8. The minimum atomic E-state index is -5.49. The van der Waals surface area contributed by atoms with Gasteiger partial charge in [-0.3, -0.25) is 4.79 Å². The summed E-state index contributed by atoms with van der Waals surface area (Å²) in [6, 6.07) is 5.02. The summed E-state index contributed by atoms with van der Waals surface area (Å²) in [7, 11) is 0. The highest BCUT2D eigenvalue weighted by molar-refractivity contribution is 5.88. The Hall–Kier alpha value is -3.74. The number of halogens is 5. The van der Waals surface area contributed by atoms with Crippen molar-refractivity contribution < 1.29 is 51.3 Å². The lowest BCUT2D eigenvalue weighted by Gasteiger charge is -2.27. The number of carboxylic acids is 1. The summed E-state index contributed by atoms with van der Waals surface area (Å²) in [5, 5.41) is 24.2. The summed E-state index contributed by atoms with van der Waals surface area (Å²) < 4.78 is 72.6. The zero-order chi connectivity index (χ0) is 28.1. The van der Waals surface area contributed by atoms with Gasteiger partial charge in [-0.05, 0) is 38.8 Å². The molecule has 0 spiro atoms. The van der Waals surface area contributed by atoms with Crippen molar-refractivity contribution in [3.8, 4) is 0 Å². The first-order valence-electron chi connectivity index (χ1n) is 10.8. The van der Waals surface area contributed by atoms with Crippen LogP contribution in [0.15, 0.2) is 42.5 Å². The standard InChI is InChI=1S/C24H25F5N2O6/c1-23(2,3)37-22(36)30-15(11-12-7-5-4-6-8-12)19(32)20(33)31-18(21(34)35)13-9-10-14(25)16(17(13)26)24(27,28)29/h4-10,15,18-19,32H,11H2,1-3H3,(H,30,36)(H,31,33)(H,34,35)/t15-,18+,19+/m1/s1. The molecule has 0 aliphatic heterocycles. The topological polar surface area (TPSA) is 125 Å². The molecule has 4 N–H and O–H groups in total. The highest BCUT2D eigenvalue weighted by Gasteiger charge is 2.41. The number of benzene rings is 2. The van der Waals surface area contributed by atoms with Gasteiger partial charge in [-0.1, -0.05) is 36.4 Å². The van der Waals surface area contributed by atoms with Crippen molar-refractivity contribution in [1.29, 1.82) is 0 Å². The van der Waals surface area contributed by atoms with E-state index in [1.807, 2.05) is 0 Å². The Morgan fingerprint density at radius 2 is 1.57 bits per heavy atom. The average molecular weight is 532 g/mol. The molecule has 0 aliphatic carbocycles. The van der Waals surface area contributed by atoms with Gasteiger partial charge in [0.1, 0.15) is 22.8 Å². The normalized spacial score (nSPS) is 14.3. The van der Waals surface area contributed by atoms with E-state index >= 15 is 0 Å². The van der Waals surface area contributed by atoms with Crippen molar-refractivity contribution in [2.45, 2.75) is 57.2 Å². The van der Waals surface area contributed by atoms with Gasteiger partial charge in [0.25, 0.3) is 5.91 Å². The SMILES string of the molecule is CC(C)(C)OC(=O)N[C@H](Cc1ccccc1)[C@H](O)C(=O)N[C@H](C(=O)O)c1ccc(F)c(C(F)(F)F)c1F. The van der Waals surface area contributed by atoms with Gasteiger partial charge in [0.05, 0.1) is 6.04 Å². The maximum Gasteiger partial charge on any atom is 0.422 e. The average Bonchev–Trinajstić information content (AvgIpc) is 2.75. The molecule has 0 heterocycles. The van der Waals surface area contributed by atoms with Crippen LogP contribution < -0.4 is 10.6 Å². The molecule has 0 saturated carbocycles. The van der Waals surface area contributed by atoms with E-state index in [0.717, 1.165) is 0 Å². The molecule has 2 amide bonds. The highest BCUT2D eigenvalue weighted by atomic mass is 19.4. The van der Waals surface area contributed by atoms with Crippen molar-refractivity contribution in [1.82, 2.24) is 10.6 Å². The van der Waals surface area contributed by atoms with Crippen LogP contribution in [-0.4, -0.2) is 45.9 Å². The van der Waals surface area contributed by atoms with Gasteiger partial charge in [0.15, 0.2) is 12.1 Å². The van der Waals surface area contributed by atoms with E-state index in [9.17, 15) is 46.5 Å². The Kier molecular flexibility index (Phi) is 9.20. The van der Waals surface area contributed by atoms with Crippen molar-refractivity contribution in [2.75, 3.05) is 0 Å². The molecule has 0 aliphatic rings. The van der Waals surface area contributed by atoms with Crippen LogP contribution in [0.3, 0.4) is 0 Å². The third-order valence-corrected chi connectivity index (χ3v) is 4.90. The number of alkyl carbamates (subject to hydrolysis) is 1. The summed E-state index contributed by atoms with van der Waals surface area (Å²) in [5.74, 6) is -7.66. The Morgan fingerprint density at radius 3 is 2.08 bits per heavy atom. The second-order valence-electron chi connectivity index (χ2n) is 8.99. The Labute approximate surface area is 208 Å². The van der Waals surface area contributed by atoms with Crippen LogP contribution in [0.2, 0.25) is 0 Å². The first-order valence-corrected chi connectivity index (χ1v) is 10.8. The number of aliphatic hydroxyl groups excluding tert-OH is 1. The quantitative estimate of drug-likeness (QED) is 0.384. The van der Waals surface area contributed by atoms with E-state index < -0.39 is 70.7 Å². The fourth-order valence-corrected chi connectivity index (χ4v) is 3.30. The summed E-state index contributed by atoms with van der Waals surface area (Å²) in [5.41, 5.74) is -3.93. The smallest absolute Gasteiger partial charge is 0.422 e. The lowest BCUT2D eigenvalue weighted by atomic mass is 9.99. The number of hydrogen-bond donors (Lipinski definition) is 4. The third kappa shape index (κ3) is 8.13. The molecule has 3 atom stereocenters. The molecule has 0 unspecified atom stereocenters. The molecule has 37 heavy (non-hydrogen) atoms. The van der Waals surface area contributed by atoms with E-state index in [2.05, 4.69) is 5.32 Å². The number of carboxylic acid groups (broad SMARTS) is 1. The van der Waals surface area contributed by atoms with Gasteiger partial charge < -0.3 is 25.6 Å². The van der Waals surface area contributed by atoms with Gasteiger partial charge in [-0.2, -0.15) is 13.2 Å². The Morgan fingerprint density at radius 1 is 0.973 bits per heavy atom. The van der Waals surface area contributed by atoms with E-state index in [1.54, 1.807) is 56.4 Å². The predicted octanol–water partition coefficient (Wildman–Crippen LogP) is 3.72. The number of ether oxygens (including phenoxy) is 1. The van der Waals surface area contributed by atoms with Gasteiger partial charge in [-0.15, -0.1) is 0 Å². The molecule has 2 aromatic carbocycles. The van der Waals surface area contributed by atoms with Gasteiger partial charge in [0.2, 0.25) is 0 Å². The maximum atomic E-state index is 14.6. The van der Waals surface area contributed by atoms with Crippen LogP contribution in [-0.2, 0) is 26.9 Å². The molecule has 13 heteroatoms. The number of carbonyl (C=O) groups is 3. The molecule has 2 rings (SSSR count). The van der Waals surface area contributed by atoms with Crippen LogP contribution in [0.1, 0.15) is 43.5 Å². The van der Waals surface area contributed by atoms with E-state index in [-0.39, 0.29) is 12.5 Å². The molecule has 0 fully saturated rings. The Bertz CT molecular complexity index is 1130. The first-order chi connectivity index (χ1) is 17.0. The lowest BCUT2D eigenvalue weighted by Crippen LogP contribution is -2.53. The van der Waals surface area contributed by atoms with E-state index in [4.69, 9.17) is 4.74 Å². The molecule has 8 nitrogen and oxygen atoms in total. The number of hydrogen-bond acceptors (Lipinski definition) is 5. The fourth-order valence-electron chi connectivity index (χ4n) is 3.30. The zero-order valence-electron chi connectivity index (χ0n) is 19.9. The molecule has 0 radical (unpaired) electrons. The number of aliphatic hydroxyl groups is 1. The number of amides is 2. The first kappa shape index (κ1) is 29.5. The Balaban J connectivity index is 2.36. The number of aliphatic carboxylic acids is 1. The number of carbonyl (C=O) groups excluding carboxylic acids is 2. The molecular weight excluding hydrogens is 507 g/mol. The van der Waals surface area contributed by atoms with Crippen molar-refractivity contribution in [3.63, 3.8) is 0 Å². The van der Waals surface area contributed by atoms with Crippen LogP contribution >= 0.6 is 0 Å². The molecule has 0 aromatic heterocycles. The highest BCUT2D eigenvalue weighted by Crippen LogP contribution is 2.36. The largest absolute Gasteiger partial charge is 0.479 e. The van der Waals surface area contributed by atoms with Gasteiger partial charge in [0, 0.05) is 5.56 Å². The fraction of sp³-hybridized carbons (Fsp3) is 0.375. The molecule has 202 valence electrons. The predicted molar refractivity (Wildman–Crippen MR) is 119 cm³/mol. The number of alkyl halides is 3. The zero-order valence-corrected chi connectivity index (χ0v) is 19.9. The molecule has 0 bridgehead atoms. The molecule has 0 saturated heterocycles. The minimum Gasteiger partial charge on any atom is -0.479 e. The number of nitrogens with one attached hydrogen (secondary N) is 2. The van der Waals surface area contributed by atoms with Gasteiger partial charge >= 0.3 is 18.2 Å². The van der Waals surface area contributed by atoms with Crippen LogP contribution in [0, 0.1) is 11.6 Å². The summed E-state index contributed by atoms with van der Waals surface area (Å²) in [6.07, 6.45) is -8.81. The van der Waals surface area contributed by atoms with Gasteiger partial charge in [-0.25, -0.2) is 18.4 Å². The monoisotopic (exact) mass is 532 g/mol. The second-order valence-corrected chi connectivity index (χ2v) is 8.99. The second kappa shape index (κ2) is 11.5. The lowest BCUT2D eigenvalue weighted by molar-refractivity contribution is -0.145. The van der Waals surface area contributed by atoms with Crippen molar-refractivity contribution in [3.05, 3.63) is 70.8 Å². The van der Waals surface area contributed by atoms with Crippen LogP contribution in [0.25, 0.3) is 0 Å². The van der Waals surface area contributed by atoms with Crippen molar-refractivity contribution >= 4 is 18.0 Å². The van der Waals surface area contributed by atoms with Crippen LogP contribution in [0.4, 0.5) is 26.7 Å². The maximum absolute atomic E-state index is 14.6. The minimum absolute atomic E-state index is 0.143. The summed E-state index contributed by atoms with van der Waals surface area (Å²) in [6.45, 7) is 4.68. The summed E-state index contributed by atoms with van der Waals surface area (Å²) in [4.78, 5) is 36.8. The third-order valence-electron chi connectivity index (χ3n) is 4.90. The van der Waals surface area contributed by atoms with E-state index in [1.165, 1.54) is 0 Å².